The number of nitrogens with one attached hydrogen (secondary N) is 2. The van der Waals surface area contributed by atoms with Gasteiger partial charge in [-0.05, 0) is 61.4 Å². The first kappa shape index (κ1) is 18.5. The maximum Gasteiger partial charge on any atom is 0.255 e. The van der Waals surface area contributed by atoms with E-state index in [4.69, 9.17) is 0 Å². The van der Waals surface area contributed by atoms with Crippen molar-refractivity contribution in [2.45, 2.75) is 12.8 Å². The van der Waals surface area contributed by atoms with Gasteiger partial charge in [-0.2, -0.15) is 0 Å². The van der Waals surface area contributed by atoms with Gasteiger partial charge in [0.05, 0.1) is 10.2 Å². The number of carbonyl (C=O) groups is 2. The van der Waals surface area contributed by atoms with Crippen LogP contribution in [0.2, 0.25) is 0 Å². The van der Waals surface area contributed by atoms with Gasteiger partial charge in [-0.15, -0.1) is 11.3 Å². The molecule has 1 aromatic heterocycles. The van der Waals surface area contributed by atoms with Gasteiger partial charge < -0.3 is 10.6 Å². The highest BCUT2D eigenvalue weighted by Crippen LogP contribution is 2.32. The Morgan fingerprint density at radius 3 is 2.43 bits per heavy atom. The fraction of sp³-hybridized carbons (Fsp3) is 0.125. The number of hydrogen-bond donors (Lipinski definition) is 2. The van der Waals surface area contributed by atoms with Crippen LogP contribution < -0.4 is 10.6 Å². The van der Waals surface area contributed by atoms with Gasteiger partial charge in [-0.25, -0.2) is 4.98 Å². The third-order valence-electron chi connectivity index (χ3n) is 5.02. The molecule has 0 aliphatic heterocycles. The van der Waals surface area contributed by atoms with Crippen molar-refractivity contribution in [3.63, 3.8) is 0 Å². The zero-order valence-corrected chi connectivity index (χ0v) is 16.9. The average molecular weight is 414 g/mol. The van der Waals surface area contributed by atoms with Crippen LogP contribution in [0.1, 0.15) is 23.2 Å². The summed E-state index contributed by atoms with van der Waals surface area (Å²) in [5.74, 6) is 0.00561. The highest BCUT2D eigenvalue weighted by Gasteiger charge is 2.29. The van der Waals surface area contributed by atoms with E-state index in [-0.39, 0.29) is 17.7 Å². The van der Waals surface area contributed by atoms with Crippen LogP contribution in [0, 0.1) is 5.92 Å². The van der Waals surface area contributed by atoms with Gasteiger partial charge in [0.25, 0.3) is 5.91 Å². The van der Waals surface area contributed by atoms with E-state index >= 15 is 0 Å². The van der Waals surface area contributed by atoms with E-state index in [2.05, 4.69) is 21.7 Å². The quantitative estimate of drug-likeness (QED) is 0.450. The lowest BCUT2D eigenvalue weighted by Crippen LogP contribution is -2.14. The number of amides is 2. The summed E-state index contributed by atoms with van der Waals surface area (Å²) >= 11 is 1.63. The standard InChI is InChI=1S/C24H19N3O2S/c28-22(15-8-9-15)25-18-12-10-16(11-13-18)23(29)26-19-5-3-4-17(14-19)24-27-20-6-1-2-7-21(20)30-24/h1-7,10-15H,8-9H2,(H,25,28)(H,26,29). The zero-order valence-electron chi connectivity index (χ0n) is 16.1. The summed E-state index contributed by atoms with van der Waals surface area (Å²) in [4.78, 5) is 29.2. The highest BCUT2D eigenvalue weighted by atomic mass is 32.1. The molecule has 2 amide bonds. The Bertz CT molecular complexity index is 1210. The van der Waals surface area contributed by atoms with Crippen LogP contribution in [0.5, 0.6) is 0 Å². The molecule has 4 aromatic rings. The minimum Gasteiger partial charge on any atom is -0.326 e. The van der Waals surface area contributed by atoms with E-state index in [1.165, 1.54) is 0 Å². The summed E-state index contributed by atoms with van der Waals surface area (Å²) in [6.45, 7) is 0. The van der Waals surface area contributed by atoms with Crippen LogP contribution in [-0.4, -0.2) is 16.8 Å². The first-order chi connectivity index (χ1) is 14.7. The normalized spacial score (nSPS) is 13.2. The molecule has 0 atom stereocenters. The molecule has 0 radical (unpaired) electrons. The largest absolute Gasteiger partial charge is 0.326 e. The summed E-state index contributed by atoms with van der Waals surface area (Å²) < 4.78 is 1.14. The van der Waals surface area contributed by atoms with Gasteiger partial charge in [-0.3, -0.25) is 9.59 Å². The number of hydrogen-bond acceptors (Lipinski definition) is 4. The van der Waals surface area contributed by atoms with Gasteiger partial charge in [0.15, 0.2) is 0 Å². The first-order valence-corrected chi connectivity index (χ1v) is 10.7. The molecule has 0 bridgehead atoms. The number of benzene rings is 3. The number of anilines is 2. The van der Waals surface area contributed by atoms with Crippen molar-refractivity contribution in [2.75, 3.05) is 10.6 Å². The fourth-order valence-electron chi connectivity index (χ4n) is 3.22. The topological polar surface area (TPSA) is 71.1 Å². The van der Waals surface area contributed by atoms with Crippen LogP contribution in [0.3, 0.4) is 0 Å². The second-order valence-corrected chi connectivity index (χ2v) is 8.39. The van der Waals surface area contributed by atoms with Crippen LogP contribution in [0.15, 0.2) is 72.8 Å². The fourth-order valence-corrected chi connectivity index (χ4v) is 4.19. The average Bonchev–Trinajstić information content (AvgIpc) is 3.53. The Hall–Kier alpha value is -3.51. The van der Waals surface area contributed by atoms with Crippen molar-refractivity contribution in [3.8, 4) is 10.6 Å². The third-order valence-corrected chi connectivity index (χ3v) is 6.11. The molecule has 30 heavy (non-hydrogen) atoms. The summed E-state index contributed by atoms with van der Waals surface area (Å²) in [6.07, 6.45) is 1.92. The summed E-state index contributed by atoms with van der Waals surface area (Å²) in [5.41, 5.74) is 3.89. The predicted octanol–water partition coefficient (Wildman–Crippen LogP) is 5.56. The maximum atomic E-state index is 12.6. The second-order valence-electron chi connectivity index (χ2n) is 7.36. The molecule has 0 unspecified atom stereocenters. The lowest BCUT2D eigenvalue weighted by Gasteiger charge is -2.08. The molecule has 148 valence electrons. The molecule has 3 aromatic carbocycles. The van der Waals surface area contributed by atoms with Crippen molar-refractivity contribution in [3.05, 3.63) is 78.4 Å². The van der Waals surface area contributed by atoms with Crippen LogP contribution in [0.25, 0.3) is 20.8 Å². The second kappa shape index (κ2) is 7.72. The summed E-state index contributed by atoms with van der Waals surface area (Å²) in [7, 11) is 0. The number of aromatic nitrogens is 1. The predicted molar refractivity (Wildman–Crippen MR) is 121 cm³/mol. The Morgan fingerprint density at radius 1 is 0.867 bits per heavy atom. The van der Waals surface area contributed by atoms with Crippen molar-refractivity contribution in [1.82, 2.24) is 4.98 Å². The minimum atomic E-state index is -0.198. The number of nitrogens with zero attached hydrogens (tertiary/aromatic N) is 1. The molecule has 0 saturated heterocycles. The van der Waals surface area contributed by atoms with Crippen molar-refractivity contribution in [2.24, 2.45) is 5.92 Å². The highest BCUT2D eigenvalue weighted by molar-refractivity contribution is 7.21. The molecule has 1 fully saturated rings. The van der Waals surface area contributed by atoms with Gasteiger partial charge in [0.1, 0.15) is 5.01 Å². The van der Waals surface area contributed by atoms with E-state index in [9.17, 15) is 9.59 Å². The molecule has 6 heteroatoms. The van der Waals surface area contributed by atoms with Gasteiger partial charge in [-0.1, -0.05) is 24.3 Å². The number of thiazole rings is 1. The smallest absolute Gasteiger partial charge is 0.255 e. The van der Waals surface area contributed by atoms with Crippen LogP contribution in [-0.2, 0) is 4.79 Å². The Balaban J connectivity index is 1.30. The number of carbonyl (C=O) groups excluding carboxylic acids is 2. The zero-order chi connectivity index (χ0) is 20.5. The molecule has 0 spiro atoms. The van der Waals surface area contributed by atoms with Crippen LogP contribution >= 0.6 is 11.3 Å². The lowest BCUT2D eigenvalue weighted by atomic mass is 10.1. The summed E-state index contributed by atoms with van der Waals surface area (Å²) in [6, 6.07) is 22.7. The van der Waals surface area contributed by atoms with Gasteiger partial charge in [0.2, 0.25) is 5.91 Å². The summed E-state index contributed by atoms with van der Waals surface area (Å²) in [5, 5.41) is 6.74. The van der Waals surface area contributed by atoms with Crippen molar-refractivity contribution >= 4 is 44.7 Å². The molecule has 1 saturated carbocycles. The van der Waals surface area contributed by atoms with Crippen molar-refractivity contribution in [1.29, 1.82) is 0 Å². The molecular formula is C24H19N3O2S. The van der Waals surface area contributed by atoms with E-state index in [0.717, 1.165) is 33.6 Å². The van der Waals surface area contributed by atoms with E-state index in [1.54, 1.807) is 35.6 Å². The minimum absolute atomic E-state index is 0.0545. The Kier molecular flexibility index (Phi) is 4.77. The molecule has 1 heterocycles. The molecular weight excluding hydrogens is 394 g/mol. The van der Waals surface area contributed by atoms with E-state index < -0.39 is 0 Å². The Labute approximate surface area is 177 Å². The molecule has 1 aliphatic rings. The molecule has 1 aliphatic carbocycles. The number of rotatable bonds is 5. The van der Waals surface area contributed by atoms with E-state index in [1.807, 2.05) is 42.5 Å². The first-order valence-electron chi connectivity index (χ1n) is 9.84. The molecule has 5 rings (SSSR count). The third kappa shape index (κ3) is 3.95. The van der Waals surface area contributed by atoms with Gasteiger partial charge in [0, 0.05) is 28.4 Å². The monoisotopic (exact) mass is 413 g/mol. The van der Waals surface area contributed by atoms with Gasteiger partial charge >= 0.3 is 0 Å². The Morgan fingerprint density at radius 2 is 1.67 bits per heavy atom. The number of para-hydroxylation sites is 1. The SMILES string of the molecule is O=C(Nc1cccc(-c2nc3ccccc3s2)c1)c1ccc(NC(=O)C2CC2)cc1. The van der Waals surface area contributed by atoms with Crippen LogP contribution in [0.4, 0.5) is 11.4 Å². The van der Waals surface area contributed by atoms with Crippen molar-refractivity contribution < 1.29 is 9.59 Å². The maximum absolute atomic E-state index is 12.6. The van der Waals surface area contributed by atoms with E-state index in [0.29, 0.717) is 16.9 Å². The molecule has 5 nitrogen and oxygen atoms in total. The lowest BCUT2D eigenvalue weighted by molar-refractivity contribution is -0.117. The number of fused-ring (bicyclic) bond motifs is 1. The molecule has 2 N–H and O–H groups in total.